The van der Waals surface area contributed by atoms with Crippen LogP contribution in [0.3, 0.4) is 0 Å². The molecule has 12 heavy (non-hydrogen) atoms. The Hall–Kier alpha value is -1.01. The Bertz CT molecular complexity index is 304. The highest BCUT2D eigenvalue weighted by atomic mass is 32.1. The van der Waals surface area contributed by atoms with Crippen LogP contribution >= 0.6 is 23.8 Å². The van der Waals surface area contributed by atoms with E-state index in [1.54, 1.807) is 6.21 Å². The molecule has 0 saturated heterocycles. The number of rotatable bonds is 2. The zero-order chi connectivity index (χ0) is 8.97. The molecule has 0 aromatic carbocycles. The summed E-state index contributed by atoms with van der Waals surface area (Å²) in [6.07, 6.45) is 1.63. The number of aromatic nitrogens is 1. The molecule has 0 aliphatic rings. The number of hydrogen-bond acceptors (Lipinski definition) is 4. The molecule has 1 rings (SSSR count). The molecule has 4 nitrogen and oxygen atoms in total. The summed E-state index contributed by atoms with van der Waals surface area (Å²) in [6, 6.07) is 1.93. The maximum atomic E-state index is 5.16. The van der Waals surface area contributed by atoms with Crippen LogP contribution < -0.4 is 11.2 Å². The Balaban J connectivity index is 2.52. The summed E-state index contributed by atoms with van der Waals surface area (Å²) in [7, 11) is 0. The number of nitrogens with one attached hydrogen (secondary N) is 1. The van der Waals surface area contributed by atoms with Gasteiger partial charge >= 0.3 is 0 Å². The van der Waals surface area contributed by atoms with Crippen molar-refractivity contribution in [1.82, 2.24) is 9.80 Å². The van der Waals surface area contributed by atoms with Gasteiger partial charge in [-0.25, -0.2) is 0 Å². The quantitative estimate of drug-likeness (QED) is 0.417. The van der Waals surface area contributed by atoms with Crippen LogP contribution in [0.2, 0.25) is 0 Å². The molecule has 1 aromatic heterocycles. The van der Waals surface area contributed by atoms with E-state index in [0.29, 0.717) is 0 Å². The van der Waals surface area contributed by atoms with Gasteiger partial charge in [-0.15, -0.1) is 0 Å². The Labute approximate surface area is 79.6 Å². The largest absolute Gasteiger partial charge is 0.375 e. The molecule has 0 aliphatic carbocycles. The van der Waals surface area contributed by atoms with Gasteiger partial charge in [-0.1, -0.05) is 0 Å². The van der Waals surface area contributed by atoms with Gasteiger partial charge in [0.25, 0.3) is 0 Å². The third-order valence-corrected chi connectivity index (χ3v) is 1.92. The highest BCUT2D eigenvalue weighted by Crippen LogP contribution is 2.04. The molecule has 0 amide bonds. The van der Waals surface area contributed by atoms with Gasteiger partial charge in [0.2, 0.25) is 0 Å². The van der Waals surface area contributed by atoms with Gasteiger partial charge < -0.3 is 5.73 Å². The molecule has 1 aromatic rings. The third kappa shape index (κ3) is 2.93. The number of nitrogens with zero attached hydrogens (tertiary/aromatic N) is 2. The summed E-state index contributed by atoms with van der Waals surface area (Å²) in [5.74, 6) is 0. The normalized spacial score (nSPS) is 10.4. The molecule has 6 heteroatoms. The Morgan fingerprint density at radius 3 is 3.17 bits per heavy atom. The molecule has 0 unspecified atom stereocenters. The highest BCUT2D eigenvalue weighted by molar-refractivity contribution is 7.80. The van der Waals surface area contributed by atoms with Gasteiger partial charge in [0.05, 0.1) is 16.8 Å². The van der Waals surface area contributed by atoms with E-state index in [0.717, 1.165) is 10.6 Å². The fraction of sp³-hybridized carbons (Fsp3) is 0.167. The maximum absolute atomic E-state index is 5.16. The minimum absolute atomic E-state index is 0.160. The Morgan fingerprint density at radius 1 is 1.92 bits per heavy atom. The lowest BCUT2D eigenvalue weighted by molar-refractivity contribution is 1.04. The molecular weight excluding hydrogens is 192 g/mol. The van der Waals surface area contributed by atoms with Crippen molar-refractivity contribution in [2.75, 3.05) is 0 Å². The smallest absolute Gasteiger partial charge is 0.184 e. The van der Waals surface area contributed by atoms with E-state index < -0.39 is 0 Å². The van der Waals surface area contributed by atoms with E-state index in [-0.39, 0.29) is 5.11 Å². The van der Waals surface area contributed by atoms with Crippen molar-refractivity contribution in [2.45, 2.75) is 6.92 Å². The SMILES string of the molecule is Cc1cc(/C=N\NC(N)=S)sn1. The van der Waals surface area contributed by atoms with Gasteiger partial charge in [-0.05, 0) is 36.7 Å². The van der Waals surface area contributed by atoms with E-state index in [9.17, 15) is 0 Å². The lowest BCUT2D eigenvalue weighted by Crippen LogP contribution is -2.23. The summed E-state index contributed by atoms with van der Waals surface area (Å²) >= 11 is 5.93. The fourth-order valence-corrected chi connectivity index (χ4v) is 1.28. The molecular formula is C6H8N4S2. The summed E-state index contributed by atoms with van der Waals surface area (Å²) in [5, 5.41) is 3.94. The molecule has 0 radical (unpaired) electrons. The molecule has 0 bridgehead atoms. The molecule has 64 valence electrons. The first-order valence-electron chi connectivity index (χ1n) is 3.20. The second-order valence-corrected chi connectivity index (χ2v) is 3.38. The monoisotopic (exact) mass is 200 g/mol. The zero-order valence-electron chi connectivity index (χ0n) is 6.44. The predicted molar refractivity (Wildman–Crippen MR) is 54.4 cm³/mol. The van der Waals surface area contributed by atoms with Crippen molar-refractivity contribution in [3.8, 4) is 0 Å². The van der Waals surface area contributed by atoms with Crippen LogP contribution in [0, 0.1) is 6.92 Å². The maximum Gasteiger partial charge on any atom is 0.184 e. The summed E-state index contributed by atoms with van der Waals surface area (Å²) in [5.41, 5.74) is 8.60. The van der Waals surface area contributed by atoms with Gasteiger partial charge in [0.1, 0.15) is 0 Å². The molecule has 0 saturated carbocycles. The van der Waals surface area contributed by atoms with Crippen LogP contribution in [-0.2, 0) is 0 Å². The van der Waals surface area contributed by atoms with Crippen molar-refractivity contribution in [3.63, 3.8) is 0 Å². The van der Waals surface area contributed by atoms with E-state index in [4.69, 9.17) is 5.73 Å². The van der Waals surface area contributed by atoms with E-state index in [2.05, 4.69) is 27.1 Å². The third-order valence-electron chi connectivity index (χ3n) is 1.01. The van der Waals surface area contributed by atoms with Gasteiger partial charge in [0, 0.05) is 0 Å². The molecule has 3 N–H and O–H groups in total. The fourth-order valence-electron chi connectivity index (χ4n) is 0.604. The number of hydrazone groups is 1. The van der Waals surface area contributed by atoms with Crippen LogP contribution in [0.4, 0.5) is 0 Å². The van der Waals surface area contributed by atoms with Crippen LogP contribution in [0.15, 0.2) is 11.2 Å². The van der Waals surface area contributed by atoms with E-state index in [1.165, 1.54) is 11.5 Å². The van der Waals surface area contributed by atoms with Crippen molar-refractivity contribution in [2.24, 2.45) is 10.8 Å². The Morgan fingerprint density at radius 2 is 2.67 bits per heavy atom. The van der Waals surface area contributed by atoms with Crippen molar-refractivity contribution >= 4 is 35.1 Å². The van der Waals surface area contributed by atoms with Gasteiger partial charge in [-0.2, -0.15) is 9.47 Å². The van der Waals surface area contributed by atoms with Crippen LogP contribution in [-0.4, -0.2) is 15.7 Å². The summed E-state index contributed by atoms with van der Waals surface area (Å²) < 4.78 is 4.07. The average molecular weight is 200 g/mol. The van der Waals surface area contributed by atoms with Crippen molar-refractivity contribution in [3.05, 3.63) is 16.6 Å². The molecule has 1 heterocycles. The number of aryl methyl sites for hydroxylation is 1. The zero-order valence-corrected chi connectivity index (χ0v) is 8.08. The Kier molecular flexibility index (Phi) is 3.12. The molecule has 0 spiro atoms. The first-order chi connectivity index (χ1) is 5.68. The minimum atomic E-state index is 0.160. The molecule has 0 atom stereocenters. The number of hydrogen-bond donors (Lipinski definition) is 2. The van der Waals surface area contributed by atoms with E-state index >= 15 is 0 Å². The number of nitrogens with two attached hydrogens (primary N) is 1. The van der Waals surface area contributed by atoms with Crippen LogP contribution in [0.5, 0.6) is 0 Å². The molecule has 0 aliphatic heterocycles. The second-order valence-electron chi connectivity index (χ2n) is 2.10. The summed E-state index contributed by atoms with van der Waals surface area (Å²) in [4.78, 5) is 0.969. The van der Waals surface area contributed by atoms with E-state index in [1.807, 2.05) is 13.0 Å². The predicted octanol–water partition coefficient (Wildman–Crippen LogP) is 0.619. The highest BCUT2D eigenvalue weighted by Gasteiger charge is 1.92. The van der Waals surface area contributed by atoms with Crippen molar-refractivity contribution in [1.29, 1.82) is 0 Å². The van der Waals surface area contributed by atoms with Crippen LogP contribution in [0.25, 0.3) is 0 Å². The standard InChI is InChI=1S/C6H8N4S2/c1-4-2-5(12-10-4)3-8-9-6(7)11/h2-3H,1H3,(H3,7,9,11)/b8-3-. The first-order valence-corrected chi connectivity index (χ1v) is 4.38. The van der Waals surface area contributed by atoms with Gasteiger partial charge in [0.15, 0.2) is 5.11 Å². The van der Waals surface area contributed by atoms with Gasteiger partial charge in [-0.3, -0.25) is 5.43 Å². The summed E-state index contributed by atoms with van der Waals surface area (Å²) in [6.45, 7) is 1.93. The van der Waals surface area contributed by atoms with Crippen LogP contribution in [0.1, 0.15) is 10.6 Å². The topological polar surface area (TPSA) is 63.3 Å². The minimum Gasteiger partial charge on any atom is -0.375 e. The second kappa shape index (κ2) is 4.13. The lowest BCUT2D eigenvalue weighted by Gasteiger charge is -1.90. The first kappa shape index (κ1) is 9.08. The lowest BCUT2D eigenvalue weighted by atomic mass is 10.4. The average Bonchev–Trinajstić information content (AvgIpc) is 2.35. The molecule has 0 fully saturated rings. The van der Waals surface area contributed by atoms with Crippen molar-refractivity contribution < 1.29 is 0 Å². The number of thiocarbonyl (C=S) groups is 1.